The first-order valence-corrected chi connectivity index (χ1v) is 14.8. The maximum atomic E-state index is 12.4. The molecule has 0 saturated heterocycles. The van der Waals surface area contributed by atoms with Crippen LogP contribution in [0.2, 0.25) is 0 Å². The van der Waals surface area contributed by atoms with Gasteiger partial charge in [-0.3, -0.25) is 9.79 Å². The van der Waals surface area contributed by atoms with Crippen molar-refractivity contribution in [2.24, 2.45) is 0 Å². The summed E-state index contributed by atoms with van der Waals surface area (Å²) in [6.07, 6.45) is 0. The maximum absolute atomic E-state index is 12.4. The van der Waals surface area contributed by atoms with Crippen molar-refractivity contribution in [3.05, 3.63) is 45.5 Å². The molecule has 0 amide bonds. The molecule has 6 heteroatoms. The highest BCUT2D eigenvalue weighted by atomic mass is 31.2. The summed E-state index contributed by atoms with van der Waals surface area (Å²) < 4.78 is 24.0. The molecule has 0 saturated carbocycles. The summed E-state index contributed by atoms with van der Waals surface area (Å²) in [5.41, 5.74) is 7.57. The summed E-state index contributed by atoms with van der Waals surface area (Å²) in [5, 5.41) is 0. The average Bonchev–Trinajstić information content (AvgIpc) is 2.69. The molecule has 0 aliphatic rings. The van der Waals surface area contributed by atoms with Crippen molar-refractivity contribution in [2.75, 3.05) is 7.11 Å². The molecule has 2 aromatic carbocycles. The van der Waals surface area contributed by atoms with E-state index in [1.54, 1.807) is 7.11 Å². The molecule has 0 aliphatic carbocycles. The molecule has 0 bridgehead atoms. The van der Waals surface area contributed by atoms with Crippen LogP contribution in [-0.2, 0) is 15.4 Å². The van der Waals surface area contributed by atoms with Gasteiger partial charge in [0.2, 0.25) is 0 Å². The number of phosphoric acid groups is 1. The van der Waals surface area contributed by atoms with Crippen LogP contribution in [0.4, 0.5) is 0 Å². The van der Waals surface area contributed by atoms with Crippen LogP contribution in [0.3, 0.4) is 0 Å². The summed E-state index contributed by atoms with van der Waals surface area (Å²) in [7, 11) is -3.35. The summed E-state index contributed by atoms with van der Waals surface area (Å²) in [6, 6.07) is 4.50. The second-order valence-corrected chi connectivity index (χ2v) is 14.4. The molecule has 37 heavy (non-hydrogen) atoms. The lowest BCUT2D eigenvalue weighted by Gasteiger charge is -2.36. The minimum Gasteiger partial charge on any atom is -0.493 e. The third-order valence-corrected chi connectivity index (χ3v) is 7.38. The van der Waals surface area contributed by atoms with Gasteiger partial charge in [-0.05, 0) is 68.9 Å². The third kappa shape index (κ3) is 6.61. The van der Waals surface area contributed by atoms with Gasteiger partial charge in [-0.15, -0.1) is 0 Å². The molecule has 2 aromatic rings. The summed E-state index contributed by atoms with van der Waals surface area (Å²) >= 11 is 0. The monoisotopic (exact) mass is 532 g/mol. The van der Waals surface area contributed by atoms with Crippen LogP contribution in [0.15, 0.2) is 12.1 Å². The van der Waals surface area contributed by atoms with Crippen LogP contribution < -0.4 is 9.26 Å². The number of hydrogen-bond acceptors (Lipinski definition) is 3. The first-order valence-electron chi connectivity index (χ1n) is 13.3. The van der Waals surface area contributed by atoms with Crippen LogP contribution in [0.5, 0.6) is 11.5 Å². The summed E-state index contributed by atoms with van der Waals surface area (Å²) in [6.45, 7) is 27.9. The van der Waals surface area contributed by atoms with E-state index in [0.29, 0.717) is 17.2 Å². The third-order valence-electron chi connectivity index (χ3n) is 6.96. The number of hydrogen-bond donors (Lipinski definition) is 2. The molecular weight excluding hydrogens is 483 g/mol. The van der Waals surface area contributed by atoms with E-state index in [4.69, 9.17) is 9.26 Å². The lowest BCUT2D eigenvalue weighted by atomic mass is 9.70. The Morgan fingerprint density at radius 2 is 1.16 bits per heavy atom. The summed E-state index contributed by atoms with van der Waals surface area (Å²) in [5.74, 6) is 1.21. The minimum absolute atomic E-state index is 0.118. The highest BCUT2D eigenvalue weighted by Crippen LogP contribution is 2.57. The topological polar surface area (TPSA) is 76.0 Å². The van der Waals surface area contributed by atoms with Gasteiger partial charge in [0, 0.05) is 11.1 Å². The molecule has 0 fully saturated rings. The Morgan fingerprint density at radius 3 is 1.46 bits per heavy atom. The van der Waals surface area contributed by atoms with E-state index in [9.17, 15) is 14.4 Å². The molecule has 0 heterocycles. The van der Waals surface area contributed by atoms with Crippen molar-refractivity contribution < 1.29 is 23.6 Å². The molecule has 0 spiro atoms. The van der Waals surface area contributed by atoms with E-state index in [1.165, 1.54) is 5.56 Å². The fraction of sp³-hybridized carbons (Fsp3) is 0.613. The molecule has 0 aliphatic heterocycles. The van der Waals surface area contributed by atoms with Gasteiger partial charge in [0.05, 0.1) is 7.11 Å². The van der Waals surface area contributed by atoms with Gasteiger partial charge in [0.1, 0.15) is 0 Å². The number of ether oxygens (including phenoxy) is 1. The van der Waals surface area contributed by atoms with Crippen molar-refractivity contribution in [3.63, 3.8) is 0 Å². The molecular formula is C31H49O5P. The lowest BCUT2D eigenvalue weighted by Crippen LogP contribution is -2.25. The van der Waals surface area contributed by atoms with Crippen LogP contribution in [-0.4, -0.2) is 16.9 Å². The summed E-state index contributed by atoms with van der Waals surface area (Å²) in [4.78, 5) is 20.2. The predicted molar refractivity (Wildman–Crippen MR) is 156 cm³/mol. The van der Waals surface area contributed by atoms with E-state index in [2.05, 4.69) is 102 Å². The van der Waals surface area contributed by atoms with E-state index in [-0.39, 0.29) is 28.4 Å². The normalized spacial score (nSPS) is 13.2. The van der Waals surface area contributed by atoms with Crippen molar-refractivity contribution in [3.8, 4) is 22.6 Å². The first-order chi connectivity index (χ1) is 16.6. The molecule has 0 atom stereocenters. The van der Waals surface area contributed by atoms with Gasteiger partial charge in [0.25, 0.3) is 0 Å². The zero-order chi connectivity index (χ0) is 28.8. The molecule has 2 N–H and O–H groups in total. The molecule has 0 unspecified atom stereocenters. The fourth-order valence-electron chi connectivity index (χ4n) is 5.42. The second kappa shape index (κ2) is 10.8. The van der Waals surface area contributed by atoms with E-state index < -0.39 is 7.82 Å². The van der Waals surface area contributed by atoms with Crippen LogP contribution >= 0.6 is 7.82 Å². The Labute approximate surface area is 225 Å². The Kier molecular flexibility index (Phi) is 9.13. The van der Waals surface area contributed by atoms with Crippen LogP contribution in [0.25, 0.3) is 11.1 Å². The zero-order valence-corrected chi connectivity index (χ0v) is 26.3. The van der Waals surface area contributed by atoms with Crippen molar-refractivity contribution in [2.45, 2.75) is 119 Å². The zero-order valence-electron chi connectivity index (χ0n) is 25.5. The van der Waals surface area contributed by atoms with Gasteiger partial charge >= 0.3 is 7.82 Å². The first kappa shape index (κ1) is 31.4. The minimum atomic E-state index is -4.91. The average molecular weight is 533 g/mol. The van der Waals surface area contributed by atoms with Crippen molar-refractivity contribution >= 4 is 7.82 Å². The number of phosphoric ester groups is 1. The standard InChI is InChI=1S/C31H49O5P/c1-17(2)21-15-22(18(3)4)25(23(16-21)19(5)6)24-20(7)26(30(8,9)10)27(31(11,12)13)29(35-14)28(24)36-37(32,33)34/h15-19H,1-14H3,(H2,32,33,34). The van der Waals surface area contributed by atoms with E-state index in [1.807, 2.05) is 0 Å². The Hall–Kier alpha value is -1.81. The molecule has 2 rings (SSSR count). The highest BCUT2D eigenvalue weighted by molar-refractivity contribution is 7.46. The quantitative estimate of drug-likeness (QED) is 0.348. The Bertz CT molecular complexity index is 1160. The molecule has 0 aromatic heterocycles. The fourth-order valence-corrected chi connectivity index (χ4v) is 5.83. The smallest absolute Gasteiger partial charge is 0.493 e. The SMILES string of the molecule is COc1c(OP(=O)(O)O)c(-c2c(C(C)C)cc(C(C)C)cc2C(C)C)c(C)c(C(C)(C)C)c1C(C)(C)C. The van der Waals surface area contributed by atoms with Gasteiger partial charge in [-0.25, -0.2) is 4.57 Å². The van der Waals surface area contributed by atoms with Gasteiger partial charge < -0.3 is 9.26 Å². The molecule has 0 radical (unpaired) electrons. The largest absolute Gasteiger partial charge is 0.524 e. The molecule has 5 nitrogen and oxygen atoms in total. The molecule has 208 valence electrons. The van der Waals surface area contributed by atoms with Crippen molar-refractivity contribution in [1.82, 2.24) is 0 Å². The van der Waals surface area contributed by atoms with Crippen LogP contribution in [0, 0.1) is 6.92 Å². The number of benzene rings is 2. The van der Waals surface area contributed by atoms with Gasteiger partial charge in [-0.1, -0.05) is 95.2 Å². The Morgan fingerprint density at radius 1 is 0.730 bits per heavy atom. The van der Waals surface area contributed by atoms with E-state index in [0.717, 1.165) is 33.4 Å². The number of rotatable bonds is 7. The van der Waals surface area contributed by atoms with Crippen LogP contribution in [0.1, 0.15) is 134 Å². The number of methoxy groups -OCH3 is 1. The van der Waals surface area contributed by atoms with Gasteiger partial charge in [0.15, 0.2) is 11.5 Å². The van der Waals surface area contributed by atoms with Gasteiger partial charge in [-0.2, -0.15) is 0 Å². The van der Waals surface area contributed by atoms with Crippen molar-refractivity contribution in [1.29, 1.82) is 0 Å². The lowest BCUT2D eigenvalue weighted by molar-refractivity contribution is 0.275. The Balaban J connectivity index is 3.41. The second-order valence-electron chi connectivity index (χ2n) is 13.2. The highest BCUT2D eigenvalue weighted by Gasteiger charge is 2.38. The predicted octanol–water partition coefficient (Wildman–Crippen LogP) is 9.11. The maximum Gasteiger partial charge on any atom is 0.524 e. The van der Waals surface area contributed by atoms with E-state index >= 15 is 0 Å².